The number of aromatic nitrogens is 6. The smallest absolute Gasteiger partial charge is 0.336 e. The first-order valence-corrected chi connectivity index (χ1v) is 9.62. The van der Waals surface area contributed by atoms with Crippen LogP contribution in [0.15, 0.2) is 77.6 Å². The van der Waals surface area contributed by atoms with Crippen molar-refractivity contribution < 1.29 is 0 Å². The van der Waals surface area contributed by atoms with Crippen LogP contribution in [0.2, 0.25) is 0 Å². The number of nitrogens with one attached hydrogen (secondary N) is 1. The molecule has 0 fully saturated rings. The second kappa shape index (κ2) is 6.12. The van der Waals surface area contributed by atoms with Gasteiger partial charge in [-0.1, -0.05) is 42.0 Å². The SMILES string of the molecule is Cc1ccc(-n2nc(-c3nc4ccccc4[nH]3)c3nc4ccccc4n3c2=O)cc1. The van der Waals surface area contributed by atoms with E-state index in [9.17, 15) is 4.79 Å². The molecule has 6 rings (SSSR count). The normalized spacial score (nSPS) is 11.6. The van der Waals surface area contributed by atoms with Gasteiger partial charge in [0.2, 0.25) is 0 Å². The van der Waals surface area contributed by atoms with Crippen LogP contribution in [-0.4, -0.2) is 29.1 Å². The molecule has 0 bridgehead atoms. The van der Waals surface area contributed by atoms with Crippen LogP contribution in [0.4, 0.5) is 0 Å². The van der Waals surface area contributed by atoms with E-state index in [0.717, 1.165) is 27.6 Å². The van der Waals surface area contributed by atoms with Gasteiger partial charge in [-0.15, -0.1) is 0 Å². The van der Waals surface area contributed by atoms with Gasteiger partial charge in [-0.3, -0.25) is 0 Å². The van der Waals surface area contributed by atoms with Gasteiger partial charge in [0.15, 0.2) is 17.2 Å². The maximum Gasteiger partial charge on any atom is 0.355 e. The van der Waals surface area contributed by atoms with Crippen molar-refractivity contribution in [3.05, 3.63) is 88.8 Å². The van der Waals surface area contributed by atoms with Gasteiger partial charge in [0.1, 0.15) is 0 Å². The second-order valence-electron chi connectivity index (χ2n) is 7.24. The van der Waals surface area contributed by atoms with Gasteiger partial charge in [0.25, 0.3) is 0 Å². The summed E-state index contributed by atoms with van der Waals surface area (Å²) in [6.07, 6.45) is 0. The third-order valence-electron chi connectivity index (χ3n) is 5.24. The molecule has 144 valence electrons. The summed E-state index contributed by atoms with van der Waals surface area (Å²) in [5.74, 6) is 0.567. The summed E-state index contributed by atoms with van der Waals surface area (Å²) in [5.41, 5.74) is 5.71. The molecule has 0 saturated heterocycles. The van der Waals surface area contributed by atoms with Crippen LogP contribution in [0, 0.1) is 6.92 Å². The van der Waals surface area contributed by atoms with Crippen LogP contribution < -0.4 is 5.69 Å². The van der Waals surface area contributed by atoms with Gasteiger partial charge in [-0.25, -0.2) is 19.2 Å². The number of rotatable bonds is 2. The number of H-pyrrole nitrogens is 1. The largest absolute Gasteiger partial charge is 0.355 e. The molecule has 0 spiro atoms. The van der Waals surface area contributed by atoms with Crippen LogP contribution in [0.25, 0.3) is 44.9 Å². The van der Waals surface area contributed by atoms with Crippen molar-refractivity contribution in [3.8, 4) is 17.2 Å². The average Bonchev–Trinajstić information content (AvgIpc) is 3.37. The highest BCUT2D eigenvalue weighted by Gasteiger charge is 2.20. The fraction of sp³-hybridized carbons (Fsp3) is 0.0435. The molecule has 0 unspecified atom stereocenters. The molecule has 0 amide bonds. The third kappa shape index (κ3) is 2.39. The highest BCUT2D eigenvalue weighted by molar-refractivity contribution is 5.87. The number of hydrogen-bond acceptors (Lipinski definition) is 4. The monoisotopic (exact) mass is 392 g/mol. The second-order valence-corrected chi connectivity index (χ2v) is 7.24. The van der Waals surface area contributed by atoms with E-state index in [0.29, 0.717) is 22.9 Å². The first kappa shape index (κ1) is 16.7. The number of para-hydroxylation sites is 4. The molecule has 3 aromatic heterocycles. The molecule has 0 radical (unpaired) electrons. The summed E-state index contributed by atoms with van der Waals surface area (Å²) in [5, 5.41) is 4.69. The van der Waals surface area contributed by atoms with Gasteiger partial charge < -0.3 is 4.98 Å². The summed E-state index contributed by atoms with van der Waals surface area (Å²) < 4.78 is 3.01. The summed E-state index contributed by atoms with van der Waals surface area (Å²) in [4.78, 5) is 26.1. The van der Waals surface area contributed by atoms with Crippen molar-refractivity contribution in [2.24, 2.45) is 0 Å². The lowest BCUT2D eigenvalue weighted by molar-refractivity contribution is 0.757. The van der Waals surface area contributed by atoms with E-state index >= 15 is 0 Å². The van der Waals surface area contributed by atoms with Crippen molar-refractivity contribution in [1.29, 1.82) is 0 Å². The minimum atomic E-state index is -0.276. The van der Waals surface area contributed by atoms with Gasteiger partial charge in [-0.2, -0.15) is 9.78 Å². The first-order chi connectivity index (χ1) is 14.7. The van der Waals surface area contributed by atoms with Crippen molar-refractivity contribution in [2.75, 3.05) is 0 Å². The molecule has 7 heteroatoms. The topological polar surface area (TPSA) is 80.9 Å². The Morgan fingerprint density at radius 1 is 0.833 bits per heavy atom. The molecule has 3 heterocycles. The standard InChI is InChI=1S/C23H16N6O/c1-14-10-12-15(13-11-14)29-23(30)28-19-9-5-4-8-18(19)26-22(28)20(27-29)21-24-16-6-2-3-7-17(16)25-21/h2-13H,1H3,(H,24,25). The van der Waals surface area contributed by atoms with Gasteiger partial charge in [0, 0.05) is 0 Å². The Morgan fingerprint density at radius 2 is 1.57 bits per heavy atom. The fourth-order valence-corrected chi connectivity index (χ4v) is 3.73. The van der Waals surface area contributed by atoms with Crippen molar-refractivity contribution in [2.45, 2.75) is 6.92 Å². The highest BCUT2D eigenvalue weighted by atomic mass is 16.2. The summed E-state index contributed by atoms with van der Waals surface area (Å²) >= 11 is 0. The molecule has 7 nitrogen and oxygen atoms in total. The third-order valence-corrected chi connectivity index (χ3v) is 5.24. The molecule has 0 aliphatic carbocycles. The minimum Gasteiger partial charge on any atom is -0.336 e. The lowest BCUT2D eigenvalue weighted by Gasteiger charge is -2.08. The van der Waals surface area contributed by atoms with Gasteiger partial charge in [0.05, 0.1) is 27.8 Å². The Balaban J connectivity index is 1.75. The number of nitrogens with zero attached hydrogens (tertiary/aromatic N) is 5. The zero-order valence-corrected chi connectivity index (χ0v) is 16.1. The average molecular weight is 392 g/mol. The highest BCUT2D eigenvalue weighted by Crippen LogP contribution is 2.25. The Hall–Kier alpha value is -4.26. The molecule has 0 saturated carbocycles. The predicted octanol–water partition coefficient (Wildman–Crippen LogP) is 3.89. The van der Waals surface area contributed by atoms with Crippen molar-refractivity contribution in [3.63, 3.8) is 0 Å². The number of benzene rings is 3. The van der Waals surface area contributed by atoms with E-state index < -0.39 is 0 Å². The molecule has 30 heavy (non-hydrogen) atoms. The van der Waals surface area contributed by atoms with Crippen LogP contribution in [0.3, 0.4) is 0 Å². The summed E-state index contributed by atoms with van der Waals surface area (Å²) in [6.45, 7) is 2.01. The molecule has 0 aliphatic heterocycles. The number of aryl methyl sites for hydroxylation is 1. The maximum atomic E-state index is 13.4. The van der Waals surface area contributed by atoms with Crippen LogP contribution in [0.5, 0.6) is 0 Å². The Morgan fingerprint density at radius 3 is 2.37 bits per heavy atom. The summed E-state index contributed by atoms with van der Waals surface area (Å²) in [6, 6.07) is 23.0. The molecule has 3 aromatic carbocycles. The van der Waals surface area contributed by atoms with Crippen LogP contribution in [-0.2, 0) is 0 Å². The molecular weight excluding hydrogens is 376 g/mol. The minimum absolute atomic E-state index is 0.276. The van der Waals surface area contributed by atoms with Gasteiger partial charge in [-0.05, 0) is 43.3 Å². The zero-order chi connectivity index (χ0) is 20.2. The molecule has 0 atom stereocenters. The Bertz CT molecular complexity index is 1590. The van der Waals surface area contributed by atoms with E-state index in [1.165, 1.54) is 4.68 Å². The van der Waals surface area contributed by atoms with Crippen LogP contribution in [0.1, 0.15) is 5.56 Å². The quantitative estimate of drug-likeness (QED) is 0.485. The van der Waals surface area contributed by atoms with Crippen molar-refractivity contribution >= 4 is 27.7 Å². The molecule has 0 aliphatic rings. The summed E-state index contributed by atoms with van der Waals surface area (Å²) in [7, 11) is 0. The van der Waals surface area contributed by atoms with E-state index in [1.54, 1.807) is 4.40 Å². The van der Waals surface area contributed by atoms with Gasteiger partial charge >= 0.3 is 5.69 Å². The number of fused-ring (bicyclic) bond motifs is 4. The number of imidazole rings is 2. The number of hydrogen-bond donors (Lipinski definition) is 1. The van der Waals surface area contributed by atoms with E-state index in [2.05, 4.69) is 10.1 Å². The maximum absolute atomic E-state index is 13.4. The fourth-order valence-electron chi connectivity index (χ4n) is 3.73. The molecule has 6 aromatic rings. The first-order valence-electron chi connectivity index (χ1n) is 9.62. The van der Waals surface area contributed by atoms with E-state index in [1.807, 2.05) is 79.7 Å². The van der Waals surface area contributed by atoms with E-state index in [4.69, 9.17) is 9.97 Å². The number of aromatic amines is 1. The predicted molar refractivity (Wildman–Crippen MR) is 116 cm³/mol. The zero-order valence-electron chi connectivity index (χ0n) is 16.1. The lowest BCUT2D eigenvalue weighted by atomic mass is 10.2. The van der Waals surface area contributed by atoms with Crippen LogP contribution >= 0.6 is 0 Å². The Labute approximate surface area is 170 Å². The molecule has 1 N–H and O–H groups in total. The van der Waals surface area contributed by atoms with Crippen molar-refractivity contribution in [1.82, 2.24) is 29.1 Å². The Kier molecular flexibility index (Phi) is 3.40. The lowest BCUT2D eigenvalue weighted by Crippen LogP contribution is -2.28. The molecular formula is C23H16N6O. The van der Waals surface area contributed by atoms with E-state index in [-0.39, 0.29) is 5.69 Å².